The van der Waals surface area contributed by atoms with E-state index in [-0.39, 0.29) is 5.25 Å². The highest BCUT2D eigenvalue weighted by molar-refractivity contribution is 7.95. The molecule has 0 aliphatic carbocycles. The normalized spacial score (nSPS) is 13.0. The number of esters is 1. The molecule has 0 aliphatic rings. The van der Waals surface area contributed by atoms with Crippen molar-refractivity contribution in [3.05, 3.63) is 120 Å². The van der Waals surface area contributed by atoms with Gasteiger partial charge in [0.25, 0.3) is 0 Å². The van der Waals surface area contributed by atoms with Crippen LogP contribution in [0.4, 0.5) is 0 Å². The van der Waals surface area contributed by atoms with E-state index in [1.807, 2.05) is 60.7 Å². The summed E-state index contributed by atoms with van der Waals surface area (Å²) in [5, 5.41) is 2.23. The summed E-state index contributed by atoms with van der Waals surface area (Å²) in [6.07, 6.45) is -0.803. The minimum atomic E-state index is -0.803. The standard InChI is InChI=1S/C26H22O3S/c1-28-26(27)24(20-12-4-2-5-13-20)29-30-25(21-14-6-3-7-15-21)23-18-10-16-19-11-8-9-17-22(19)23/h2-18,24-25H,1H3. The molecule has 3 nitrogen and oxygen atoms in total. The second-order valence-corrected chi connectivity index (χ2v) is 7.72. The predicted molar refractivity (Wildman–Crippen MR) is 122 cm³/mol. The summed E-state index contributed by atoms with van der Waals surface area (Å²) >= 11 is 1.29. The van der Waals surface area contributed by atoms with Gasteiger partial charge in [0.05, 0.1) is 12.4 Å². The number of carbonyl (C=O) groups is 1. The molecule has 0 N–H and O–H groups in total. The Morgan fingerprint density at radius 1 is 0.733 bits per heavy atom. The van der Waals surface area contributed by atoms with Gasteiger partial charge in [-0.15, -0.1) is 0 Å². The predicted octanol–water partition coefficient (Wildman–Crippen LogP) is 6.51. The van der Waals surface area contributed by atoms with Crippen LogP contribution in [0.5, 0.6) is 0 Å². The lowest BCUT2D eigenvalue weighted by Crippen LogP contribution is -2.16. The number of hydrogen-bond donors (Lipinski definition) is 0. The van der Waals surface area contributed by atoms with Crippen LogP contribution in [-0.4, -0.2) is 13.1 Å². The topological polar surface area (TPSA) is 35.5 Å². The summed E-state index contributed by atoms with van der Waals surface area (Å²) in [7, 11) is 1.38. The molecule has 0 aliphatic heterocycles. The van der Waals surface area contributed by atoms with E-state index in [1.165, 1.54) is 29.9 Å². The van der Waals surface area contributed by atoms with Crippen LogP contribution in [0.3, 0.4) is 0 Å². The Balaban J connectivity index is 1.71. The van der Waals surface area contributed by atoms with Crippen LogP contribution in [0.25, 0.3) is 10.8 Å². The minimum Gasteiger partial charge on any atom is -0.467 e. The van der Waals surface area contributed by atoms with E-state index in [0.717, 1.165) is 16.7 Å². The quantitative estimate of drug-likeness (QED) is 0.255. The Labute approximate surface area is 180 Å². The molecule has 0 amide bonds. The smallest absolute Gasteiger partial charge is 0.341 e. The summed E-state index contributed by atoms with van der Waals surface area (Å²) in [6, 6.07) is 34.2. The Kier molecular flexibility index (Phi) is 6.47. The van der Waals surface area contributed by atoms with E-state index in [4.69, 9.17) is 8.92 Å². The second kappa shape index (κ2) is 9.61. The maximum Gasteiger partial charge on any atom is 0.341 e. The highest BCUT2D eigenvalue weighted by Gasteiger charge is 2.26. The number of methoxy groups -OCH3 is 1. The first-order valence-electron chi connectivity index (χ1n) is 9.75. The Bertz CT molecular complexity index is 1110. The van der Waals surface area contributed by atoms with Crippen molar-refractivity contribution in [2.24, 2.45) is 0 Å². The number of hydrogen-bond acceptors (Lipinski definition) is 4. The van der Waals surface area contributed by atoms with Gasteiger partial charge in [0.2, 0.25) is 0 Å². The maximum atomic E-state index is 12.4. The van der Waals surface area contributed by atoms with Crippen molar-refractivity contribution in [3.63, 3.8) is 0 Å². The molecular formula is C26H22O3S. The van der Waals surface area contributed by atoms with Crippen molar-refractivity contribution in [2.75, 3.05) is 7.11 Å². The van der Waals surface area contributed by atoms with Gasteiger partial charge >= 0.3 is 5.97 Å². The van der Waals surface area contributed by atoms with Gasteiger partial charge in [-0.3, -0.25) is 4.18 Å². The molecule has 0 heterocycles. The molecule has 4 aromatic rings. The monoisotopic (exact) mass is 414 g/mol. The largest absolute Gasteiger partial charge is 0.467 e. The lowest BCUT2D eigenvalue weighted by atomic mass is 9.98. The zero-order chi connectivity index (χ0) is 20.8. The highest BCUT2D eigenvalue weighted by atomic mass is 32.2. The van der Waals surface area contributed by atoms with Crippen LogP contribution in [-0.2, 0) is 13.7 Å². The molecule has 0 fully saturated rings. The lowest BCUT2D eigenvalue weighted by Gasteiger charge is -2.22. The summed E-state index contributed by atoms with van der Waals surface area (Å²) < 4.78 is 11.1. The van der Waals surface area contributed by atoms with E-state index < -0.39 is 12.1 Å². The molecule has 4 rings (SSSR count). The van der Waals surface area contributed by atoms with Gasteiger partial charge in [0.15, 0.2) is 6.10 Å². The van der Waals surface area contributed by atoms with Crippen LogP contribution in [0.1, 0.15) is 28.0 Å². The van der Waals surface area contributed by atoms with Gasteiger partial charge < -0.3 is 4.74 Å². The van der Waals surface area contributed by atoms with Crippen molar-refractivity contribution in [1.82, 2.24) is 0 Å². The van der Waals surface area contributed by atoms with E-state index in [9.17, 15) is 4.79 Å². The first-order valence-corrected chi connectivity index (χ1v) is 10.6. The zero-order valence-electron chi connectivity index (χ0n) is 16.6. The second-order valence-electron chi connectivity index (χ2n) is 6.87. The van der Waals surface area contributed by atoms with Gasteiger partial charge in [-0.1, -0.05) is 103 Å². The van der Waals surface area contributed by atoms with Crippen molar-refractivity contribution >= 4 is 28.8 Å². The molecule has 0 bridgehead atoms. The van der Waals surface area contributed by atoms with Gasteiger partial charge in [0, 0.05) is 12.0 Å². The first-order chi connectivity index (χ1) is 14.8. The van der Waals surface area contributed by atoms with Crippen molar-refractivity contribution < 1.29 is 13.7 Å². The third kappa shape index (κ3) is 4.40. The van der Waals surface area contributed by atoms with E-state index in [2.05, 4.69) is 42.5 Å². The van der Waals surface area contributed by atoms with Crippen LogP contribution in [0.15, 0.2) is 103 Å². The molecule has 4 aromatic carbocycles. The Morgan fingerprint density at radius 3 is 2.03 bits per heavy atom. The minimum absolute atomic E-state index is 0.104. The molecule has 0 aromatic heterocycles. The highest BCUT2D eigenvalue weighted by Crippen LogP contribution is 2.42. The molecule has 2 unspecified atom stereocenters. The summed E-state index contributed by atoms with van der Waals surface area (Å²) in [5.41, 5.74) is 3.01. The number of ether oxygens (including phenoxy) is 1. The van der Waals surface area contributed by atoms with Gasteiger partial charge in [-0.25, -0.2) is 4.79 Å². The summed E-state index contributed by atoms with van der Waals surface area (Å²) in [5.74, 6) is -0.418. The van der Waals surface area contributed by atoms with Crippen molar-refractivity contribution in [1.29, 1.82) is 0 Å². The average molecular weight is 415 g/mol. The summed E-state index contributed by atoms with van der Waals surface area (Å²) in [6.45, 7) is 0. The number of rotatable bonds is 7. The van der Waals surface area contributed by atoms with Crippen LogP contribution < -0.4 is 0 Å². The summed E-state index contributed by atoms with van der Waals surface area (Å²) in [4.78, 5) is 12.4. The van der Waals surface area contributed by atoms with Gasteiger partial charge in [0.1, 0.15) is 0 Å². The third-order valence-corrected chi connectivity index (χ3v) is 6.00. The fourth-order valence-electron chi connectivity index (χ4n) is 3.47. The molecule has 2 atom stereocenters. The Hall–Kier alpha value is -3.08. The van der Waals surface area contributed by atoms with Crippen LogP contribution in [0, 0.1) is 0 Å². The molecular weight excluding hydrogens is 392 g/mol. The number of fused-ring (bicyclic) bond motifs is 1. The number of carbonyl (C=O) groups excluding carboxylic acids is 1. The molecule has 0 saturated carbocycles. The Morgan fingerprint density at radius 2 is 1.33 bits per heavy atom. The van der Waals surface area contributed by atoms with Crippen LogP contribution in [0.2, 0.25) is 0 Å². The van der Waals surface area contributed by atoms with E-state index >= 15 is 0 Å². The van der Waals surface area contributed by atoms with E-state index in [1.54, 1.807) is 0 Å². The first kappa shape index (κ1) is 20.2. The fraction of sp³-hybridized carbons (Fsp3) is 0.115. The number of benzene rings is 4. The fourth-order valence-corrected chi connectivity index (χ4v) is 4.46. The molecule has 30 heavy (non-hydrogen) atoms. The molecule has 4 heteroatoms. The van der Waals surface area contributed by atoms with Crippen LogP contribution >= 0.6 is 12.0 Å². The van der Waals surface area contributed by atoms with Crippen molar-refractivity contribution in [2.45, 2.75) is 11.4 Å². The molecule has 150 valence electrons. The SMILES string of the molecule is COC(=O)C(OSC(c1ccccc1)c1cccc2ccccc12)c1ccccc1. The van der Waals surface area contributed by atoms with E-state index in [0.29, 0.717) is 0 Å². The zero-order valence-corrected chi connectivity index (χ0v) is 17.4. The van der Waals surface area contributed by atoms with Crippen molar-refractivity contribution in [3.8, 4) is 0 Å². The van der Waals surface area contributed by atoms with Gasteiger partial charge in [-0.2, -0.15) is 0 Å². The average Bonchev–Trinajstić information content (AvgIpc) is 2.82. The van der Waals surface area contributed by atoms with Gasteiger partial charge in [-0.05, 0) is 27.5 Å². The molecule has 0 radical (unpaired) electrons. The molecule has 0 saturated heterocycles. The third-order valence-electron chi connectivity index (χ3n) is 4.97. The lowest BCUT2D eigenvalue weighted by molar-refractivity contribution is -0.148. The maximum absolute atomic E-state index is 12.4. The molecule has 0 spiro atoms.